The monoisotopic (exact) mass is 372 g/mol. The number of benzene rings is 1. The van der Waals surface area contributed by atoms with Crippen molar-refractivity contribution in [3.05, 3.63) is 66.5 Å². The summed E-state index contributed by atoms with van der Waals surface area (Å²) in [6, 6.07) is 15.7. The highest BCUT2D eigenvalue weighted by Gasteiger charge is 2.32. The SMILES string of the molecule is CCCNc1cc(Nc2ccnc(C(F)(F)F)c2)cc(-c2ccccc2)n1. The molecule has 0 saturated carbocycles. The van der Waals surface area contributed by atoms with Gasteiger partial charge in [-0.1, -0.05) is 37.3 Å². The molecule has 0 aliphatic rings. The van der Waals surface area contributed by atoms with Gasteiger partial charge in [0, 0.05) is 35.7 Å². The van der Waals surface area contributed by atoms with Gasteiger partial charge in [0.15, 0.2) is 0 Å². The van der Waals surface area contributed by atoms with Crippen LogP contribution < -0.4 is 10.6 Å². The van der Waals surface area contributed by atoms with E-state index in [4.69, 9.17) is 0 Å². The van der Waals surface area contributed by atoms with Gasteiger partial charge in [-0.3, -0.25) is 4.98 Å². The summed E-state index contributed by atoms with van der Waals surface area (Å²) in [5.41, 5.74) is 1.66. The molecule has 0 fully saturated rings. The van der Waals surface area contributed by atoms with Crippen molar-refractivity contribution in [2.45, 2.75) is 19.5 Å². The summed E-state index contributed by atoms with van der Waals surface area (Å²) < 4.78 is 38.7. The summed E-state index contributed by atoms with van der Waals surface area (Å²) in [5.74, 6) is 0.658. The number of hydrogen-bond donors (Lipinski definition) is 2. The van der Waals surface area contributed by atoms with Crippen molar-refractivity contribution < 1.29 is 13.2 Å². The lowest BCUT2D eigenvalue weighted by molar-refractivity contribution is -0.141. The molecule has 0 radical (unpaired) electrons. The summed E-state index contributed by atoms with van der Waals surface area (Å²) in [5, 5.41) is 6.25. The van der Waals surface area contributed by atoms with Gasteiger partial charge in [-0.05, 0) is 24.6 Å². The molecule has 2 N–H and O–H groups in total. The highest BCUT2D eigenvalue weighted by atomic mass is 19.4. The first kappa shape index (κ1) is 18.7. The van der Waals surface area contributed by atoms with Crippen molar-refractivity contribution in [2.75, 3.05) is 17.2 Å². The Morgan fingerprint density at radius 1 is 0.963 bits per heavy atom. The Morgan fingerprint density at radius 3 is 2.44 bits per heavy atom. The van der Waals surface area contributed by atoms with E-state index in [1.807, 2.05) is 37.3 Å². The molecule has 4 nitrogen and oxygen atoms in total. The molecule has 140 valence electrons. The molecule has 0 unspecified atom stereocenters. The molecule has 0 aliphatic heterocycles. The maximum atomic E-state index is 12.9. The van der Waals surface area contributed by atoms with Crippen LogP contribution in [0.4, 0.5) is 30.4 Å². The van der Waals surface area contributed by atoms with E-state index >= 15 is 0 Å². The summed E-state index contributed by atoms with van der Waals surface area (Å²) in [6.45, 7) is 2.79. The molecule has 0 spiro atoms. The van der Waals surface area contributed by atoms with Crippen LogP contribution in [-0.4, -0.2) is 16.5 Å². The lowest BCUT2D eigenvalue weighted by Gasteiger charge is -2.13. The van der Waals surface area contributed by atoms with Gasteiger partial charge in [0.05, 0.1) is 5.69 Å². The van der Waals surface area contributed by atoms with Gasteiger partial charge in [0.1, 0.15) is 11.5 Å². The van der Waals surface area contributed by atoms with Crippen molar-refractivity contribution in [3.63, 3.8) is 0 Å². The minimum Gasteiger partial charge on any atom is -0.370 e. The van der Waals surface area contributed by atoms with E-state index in [1.165, 1.54) is 6.07 Å². The number of nitrogens with one attached hydrogen (secondary N) is 2. The Bertz CT molecular complexity index is 895. The van der Waals surface area contributed by atoms with Gasteiger partial charge in [0.25, 0.3) is 0 Å². The minimum absolute atomic E-state index is 0.309. The lowest BCUT2D eigenvalue weighted by atomic mass is 10.1. The predicted octanol–water partition coefficient (Wildman–Crippen LogP) is 5.73. The van der Waals surface area contributed by atoms with E-state index < -0.39 is 11.9 Å². The predicted molar refractivity (Wildman–Crippen MR) is 101 cm³/mol. The van der Waals surface area contributed by atoms with Gasteiger partial charge in [-0.15, -0.1) is 0 Å². The van der Waals surface area contributed by atoms with Crippen LogP contribution in [0.5, 0.6) is 0 Å². The fourth-order valence-corrected chi connectivity index (χ4v) is 2.53. The van der Waals surface area contributed by atoms with Crippen molar-refractivity contribution >= 4 is 17.2 Å². The van der Waals surface area contributed by atoms with Crippen LogP contribution in [0, 0.1) is 0 Å². The van der Waals surface area contributed by atoms with E-state index in [1.54, 1.807) is 12.1 Å². The first-order valence-corrected chi connectivity index (χ1v) is 8.57. The zero-order valence-corrected chi connectivity index (χ0v) is 14.7. The molecule has 0 bridgehead atoms. The Kier molecular flexibility index (Phi) is 5.59. The Hall–Kier alpha value is -3.09. The van der Waals surface area contributed by atoms with Crippen LogP contribution >= 0.6 is 0 Å². The van der Waals surface area contributed by atoms with Crippen molar-refractivity contribution in [2.24, 2.45) is 0 Å². The second-order valence-electron chi connectivity index (χ2n) is 5.97. The quantitative estimate of drug-likeness (QED) is 0.580. The standard InChI is InChI=1S/C20H19F3N4/c1-2-9-25-19-13-16(11-17(27-19)14-6-4-3-5-7-14)26-15-8-10-24-18(12-15)20(21,22)23/h3-8,10-13H,2,9H2,1H3,(H2,24,25,26,27). The number of rotatable bonds is 6. The number of pyridine rings is 2. The van der Waals surface area contributed by atoms with Gasteiger partial charge >= 0.3 is 6.18 Å². The lowest BCUT2D eigenvalue weighted by Crippen LogP contribution is -2.08. The highest BCUT2D eigenvalue weighted by molar-refractivity contribution is 5.71. The largest absolute Gasteiger partial charge is 0.433 e. The molecular formula is C20H19F3N4. The number of anilines is 3. The molecule has 0 saturated heterocycles. The molecular weight excluding hydrogens is 353 g/mol. The normalized spacial score (nSPS) is 11.3. The Balaban J connectivity index is 1.94. The first-order valence-electron chi connectivity index (χ1n) is 8.57. The maximum Gasteiger partial charge on any atom is 0.433 e. The summed E-state index contributed by atoms with van der Waals surface area (Å²) >= 11 is 0. The summed E-state index contributed by atoms with van der Waals surface area (Å²) in [6.07, 6.45) is -2.42. The Morgan fingerprint density at radius 2 is 1.74 bits per heavy atom. The van der Waals surface area contributed by atoms with Crippen LogP contribution in [0.15, 0.2) is 60.8 Å². The number of nitrogens with zero attached hydrogens (tertiary/aromatic N) is 2. The summed E-state index contributed by atoms with van der Waals surface area (Å²) in [4.78, 5) is 7.98. The number of aromatic nitrogens is 2. The fraction of sp³-hybridized carbons (Fsp3) is 0.200. The summed E-state index contributed by atoms with van der Waals surface area (Å²) in [7, 11) is 0. The van der Waals surface area contributed by atoms with Gasteiger partial charge in [-0.25, -0.2) is 4.98 Å². The molecule has 3 rings (SSSR count). The number of halogens is 3. The smallest absolute Gasteiger partial charge is 0.370 e. The van der Waals surface area contributed by atoms with Crippen LogP contribution in [0.1, 0.15) is 19.0 Å². The zero-order chi connectivity index (χ0) is 19.3. The van der Waals surface area contributed by atoms with E-state index in [9.17, 15) is 13.2 Å². The third kappa shape index (κ3) is 4.97. The second-order valence-corrected chi connectivity index (χ2v) is 5.97. The van der Waals surface area contributed by atoms with Crippen molar-refractivity contribution in [1.82, 2.24) is 9.97 Å². The molecule has 3 aromatic rings. The third-order valence-electron chi connectivity index (χ3n) is 3.79. The third-order valence-corrected chi connectivity index (χ3v) is 3.79. The van der Waals surface area contributed by atoms with E-state index in [0.29, 0.717) is 17.2 Å². The van der Waals surface area contributed by atoms with Crippen LogP contribution in [0.25, 0.3) is 11.3 Å². The van der Waals surface area contributed by atoms with E-state index in [2.05, 4.69) is 20.6 Å². The molecule has 27 heavy (non-hydrogen) atoms. The van der Waals surface area contributed by atoms with Gasteiger partial charge in [-0.2, -0.15) is 13.2 Å². The van der Waals surface area contributed by atoms with E-state index in [-0.39, 0.29) is 0 Å². The molecule has 7 heteroatoms. The molecule has 0 atom stereocenters. The number of alkyl halides is 3. The minimum atomic E-state index is -4.49. The number of hydrogen-bond acceptors (Lipinski definition) is 4. The molecule has 0 amide bonds. The van der Waals surface area contributed by atoms with Crippen molar-refractivity contribution in [3.8, 4) is 11.3 Å². The van der Waals surface area contributed by atoms with E-state index in [0.717, 1.165) is 36.5 Å². The average Bonchev–Trinajstić information content (AvgIpc) is 2.66. The Labute approximate surface area is 155 Å². The van der Waals surface area contributed by atoms with Crippen LogP contribution in [-0.2, 0) is 6.18 Å². The van der Waals surface area contributed by atoms with Crippen molar-refractivity contribution in [1.29, 1.82) is 0 Å². The van der Waals surface area contributed by atoms with Gasteiger partial charge < -0.3 is 10.6 Å². The zero-order valence-electron chi connectivity index (χ0n) is 14.7. The average molecular weight is 372 g/mol. The van der Waals surface area contributed by atoms with Crippen LogP contribution in [0.3, 0.4) is 0 Å². The molecule has 2 aromatic heterocycles. The second kappa shape index (κ2) is 8.07. The molecule has 1 aromatic carbocycles. The topological polar surface area (TPSA) is 49.8 Å². The van der Waals surface area contributed by atoms with Crippen LogP contribution in [0.2, 0.25) is 0 Å². The highest BCUT2D eigenvalue weighted by Crippen LogP contribution is 2.31. The first-order chi connectivity index (χ1) is 13.0. The van der Waals surface area contributed by atoms with Gasteiger partial charge in [0.2, 0.25) is 0 Å². The molecule has 0 aliphatic carbocycles. The maximum absolute atomic E-state index is 12.9. The fourth-order valence-electron chi connectivity index (χ4n) is 2.53. The molecule has 2 heterocycles.